The third-order valence-corrected chi connectivity index (χ3v) is 2.37. The van der Waals surface area contributed by atoms with Crippen molar-refractivity contribution < 1.29 is 0 Å². The van der Waals surface area contributed by atoms with E-state index in [0.717, 1.165) is 12.4 Å². The van der Waals surface area contributed by atoms with Crippen LogP contribution in [0, 0.1) is 0 Å². The second-order valence-electron chi connectivity index (χ2n) is 3.54. The summed E-state index contributed by atoms with van der Waals surface area (Å²) in [6, 6.07) is 3.95. The Labute approximate surface area is 80.7 Å². The average Bonchev–Trinajstić information content (AvgIpc) is 2.52. The van der Waals surface area contributed by atoms with Crippen molar-refractivity contribution in [1.29, 1.82) is 0 Å². The lowest BCUT2D eigenvalue weighted by Gasteiger charge is -2.04. The highest BCUT2D eigenvalue weighted by atomic mass is 15.0. The molecule has 13 heavy (non-hydrogen) atoms. The number of aromatic nitrogens is 1. The molecule has 0 radical (unpaired) electrons. The van der Waals surface area contributed by atoms with Crippen LogP contribution in [-0.4, -0.2) is 4.57 Å². The van der Waals surface area contributed by atoms with Crippen LogP contribution in [0.3, 0.4) is 0 Å². The summed E-state index contributed by atoms with van der Waals surface area (Å²) in [5.41, 5.74) is 5.74. The molecule has 2 N–H and O–H groups in total. The normalized spacial score (nSPS) is 10.5. The molecule has 74 valence electrons. The minimum Gasteiger partial charge on any atom is -0.385 e. The maximum atomic E-state index is 5.74. The van der Waals surface area contributed by atoms with Gasteiger partial charge in [0, 0.05) is 12.7 Å². The molecule has 2 heteroatoms. The first-order valence-electron chi connectivity index (χ1n) is 5.25. The highest BCUT2D eigenvalue weighted by Crippen LogP contribution is 2.08. The summed E-state index contributed by atoms with van der Waals surface area (Å²) in [7, 11) is 0. The van der Waals surface area contributed by atoms with Crippen LogP contribution in [0.2, 0.25) is 0 Å². The fourth-order valence-electron chi connectivity index (χ4n) is 1.52. The van der Waals surface area contributed by atoms with Crippen LogP contribution < -0.4 is 5.73 Å². The van der Waals surface area contributed by atoms with Crippen molar-refractivity contribution in [1.82, 2.24) is 4.57 Å². The monoisotopic (exact) mass is 180 g/mol. The van der Waals surface area contributed by atoms with Crippen LogP contribution in [0.15, 0.2) is 18.3 Å². The summed E-state index contributed by atoms with van der Waals surface area (Å²) >= 11 is 0. The fourth-order valence-corrected chi connectivity index (χ4v) is 1.52. The van der Waals surface area contributed by atoms with E-state index in [1.54, 1.807) is 0 Å². The molecule has 0 unspecified atom stereocenters. The molecule has 0 fully saturated rings. The van der Waals surface area contributed by atoms with Crippen molar-refractivity contribution in [2.75, 3.05) is 5.73 Å². The molecule has 1 heterocycles. The Morgan fingerprint density at radius 1 is 1.23 bits per heavy atom. The van der Waals surface area contributed by atoms with Gasteiger partial charge in [-0.2, -0.15) is 0 Å². The third-order valence-electron chi connectivity index (χ3n) is 2.37. The minimum atomic E-state index is 0.885. The molecule has 0 aliphatic rings. The van der Waals surface area contributed by atoms with Gasteiger partial charge in [0.05, 0.1) is 0 Å². The van der Waals surface area contributed by atoms with Crippen molar-refractivity contribution >= 4 is 5.82 Å². The van der Waals surface area contributed by atoms with Gasteiger partial charge in [-0.3, -0.25) is 0 Å². The molecule has 0 amide bonds. The summed E-state index contributed by atoms with van der Waals surface area (Å²) in [6.07, 6.45) is 8.66. The van der Waals surface area contributed by atoms with Gasteiger partial charge in [0.15, 0.2) is 0 Å². The van der Waals surface area contributed by atoms with Gasteiger partial charge in [-0.1, -0.05) is 32.6 Å². The van der Waals surface area contributed by atoms with E-state index >= 15 is 0 Å². The molecule has 0 aliphatic carbocycles. The quantitative estimate of drug-likeness (QED) is 0.670. The van der Waals surface area contributed by atoms with Crippen molar-refractivity contribution in [3.8, 4) is 0 Å². The lowest BCUT2D eigenvalue weighted by atomic mass is 10.1. The number of nitrogens with zero attached hydrogens (tertiary/aromatic N) is 1. The molecule has 1 aromatic rings. The second kappa shape index (κ2) is 5.68. The lowest BCUT2D eigenvalue weighted by molar-refractivity contribution is 0.573. The van der Waals surface area contributed by atoms with Crippen LogP contribution >= 0.6 is 0 Å². The maximum absolute atomic E-state index is 5.74. The van der Waals surface area contributed by atoms with E-state index in [1.807, 2.05) is 12.1 Å². The Hall–Kier alpha value is -0.920. The van der Waals surface area contributed by atoms with E-state index in [4.69, 9.17) is 5.73 Å². The van der Waals surface area contributed by atoms with E-state index in [1.165, 1.54) is 32.1 Å². The number of aryl methyl sites for hydroxylation is 1. The van der Waals surface area contributed by atoms with E-state index in [-0.39, 0.29) is 0 Å². The van der Waals surface area contributed by atoms with Gasteiger partial charge in [0.2, 0.25) is 0 Å². The predicted octanol–water partition coefficient (Wildman–Crippen LogP) is 3.04. The van der Waals surface area contributed by atoms with Crippen LogP contribution in [0.5, 0.6) is 0 Å². The van der Waals surface area contributed by atoms with E-state index in [2.05, 4.69) is 17.7 Å². The number of hydrogen-bond donors (Lipinski definition) is 1. The predicted molar refractivity (Wildman–Crippen MR) is 57.6 cm³/mol. The molecule has 0 spiro atoms. The van der Waals surface area contributed by atoms with E-state index in [0.29, 0.717) is 0 Å². The van der Waals surface area contributed by atoms with Gasteiger partial charge >= 0.3 is 0 Å². The van der Waals surface area contributed by atoms with Crippen LogP contribution in [0.4, 0.5) is 5.82 Å². The maximum Gasteiger partial charge on any atom is 0.103 e. The largest absolute Gasteiger partial charge is 0.385 e. The number of hydrogen-bond acceptors (Lipinski definition) is 1. The molecule has 0 aromatic carbocycles. The number of unbranched alkanes of at least 4 members (excludes halogenated alkanes) is 4. The first-order chi connectivity index (χ1) is 6.34. The van der Waals surface area contributed by atoms with E-state index in [9.17, 15) is 0 Å². The van der Waals surface area contributed by atoms with Crippen LogP contribution in [0.1, 0.15) is 39.0 Å². The summed E-state index contributed by atoms with van der Waals surface area (Å²) in [6.45, 7) is 3.31. The Kier molecular flexibility index (Phi) is 4.44. The van der Waals surface area contributed by atoms with Gasteiger partial charge in [-0.05, 0) is 18.6 Å². The standard InChI is InChI=1S/C11H20N2/c1-2-3-4-5-6-9-13-10-7-8-11(13)12/h7-8,10H,2-6,9,12H2,1H3. The summed E-state index contributed by atoms with van der Waals surface area (Å²) in [5, 5.41) is 0. The van der Waals surface area contributed by atoms with E-state index < -0.39 is 0 Å². The Balaban J connectivity index is 2.10. The Morgan fingerprint density at radius 3 is 2.62 bits per heavy atom. The van der Waals surface area contributed by atoms with Crippen molar-refractivity contribution in [3.05, 3.63) is 18.3 Å². The Bertz CT molecular complexity index is 228. The topological polar surface area (TPSA) is 30.9 Å². The summed E-state index contributed by atoms with van der Waals surface area (Å²) in [5.74, 6) is 0.885. The first-order valence-corrected chi connectivity index (χ1v) is 5.25. The molecular weight excluding hydrogens is 160 g/mol. The smallest absolute Gasteiger partial charge is 0.103 e. The number of nitrogen functional groups attached to an aromatic ring is 1. The molecule has 0 aliphatic heterocycles. The Morgan fingerprint density at radius 2 is 2.00 bits per heavy atom. The van der Waals surface area contributed by atoms with Crippen molar-refractivity contribution in [3.63, 3.8) is 0 Å². The van der Waals surface area contributed by atoms with Crippen LogP contribution in [0.25, 0.3) is 0 Å². The van der Waals surface area contributed by atoms with Crippen molar-refractivity contribution in [2.45, 2.75) is 45.6 Å². The highest BCUT2D eigenvalue weighted by molar-refractivity contribution is 5.29. The molecule has 0 saturated carbocycles. The second-order valence-corrected chi connectivity index (χ2v) is 3.54. The number of anilines is 1. The first kappa shape index (κ1) is 10.2. The van der Waals surface area contributed by atoms with Gasteiger partial charge < -0.3 is 10.3 Å². The fraction of sp³-hybridized carbons (Fsp3) is 0.636. The number of rotatable bonds is 6. The molecule has 2 nitrogen and oxygen atoms in total. The zero-order valence-corrected chi connectivity index (χ0v) is 8.50. The summed E-state index contributed by atoms with van der Waals surface area (Å²) < 4.78 is 2.12. The number of nitrogens with two attached hydrogens (primary N) is 1. The van der Waals surface area contributed by atoms with Gasteiger partial charge in [0.1, 0.15) is 5.82 Å². The molecule has 0 saturated heterocycles. The molecule has 1 rings (SSSR count). The van der Waals surface area contributed by atoms with Gasteiger partial charge in [-0.25, -0.2) is 0 Å². The third kappa shape index (κ3) is 3.53. The molecule has 0 bridgehead atoms. The average molecular weight is 180 g/mol. The SMILES string of the molecule is CCCCCCCn1cccc1N. The highest BCUT2D eigenvalue weighted by Gasteiger charge is 1.94. The van der Waals surface area contributed by atoms with Gasteiger partial charge in [0.25, 0.3) is 0 Å². The van der Waals surface area contributed by atoms with Crippen molar-refractivity contribution in [2.24, 2.45) is 0 Å². The lowest BCUT2D eigenvalue weighted by Crippen LogP contribution is -2.00. The van der Waals surface area contributed by atoms with Crippen LogP contribution in [-0.2, 0) is 6.54 Å². The van der Waals surface area contributed by atoms with Gasteiger partial charge in [-0.15, -0.1) is 0 Å². The molecule has 1 aromatic heterocycles. The minimum absolute atomic E-state index is 0.885. The zero-order valence-electron chi connectivity index (χ0n) is 8.50. The molecule has 0 atom stereocenters. The summed E-state index contributed by atoms with van der Waals surface area (Å²) in [4.78, 5) is 0. The molecular formula is C11H20N2. The zero-order chi connectivity index (χ0) is 9.52.